The average molecular weight is 315 g/mol. The maximum Gasteiger partial charge on any atom is 0.259 e. The van der Waals surface area contributed by atoms with Crippen LogP contribution in [-0.2, 0) is 7.05 Å². The summed E-state index contributed by atoms with van der Waals surface area (Å²) in [5.74, 6) is 0. The van der Waals surface area contributed by atoms with E-state index in [1.165, 1.54) is 4.57 Å². The van der Waals surface area contributed by atoms with E-state index >= 15 is 0 Å². The molecule has 0 amide bonds. The van der Waals surface area contributed by atoms with Gasteiger partial charge in [0.2, 0.25) is 0 Å². The first-order chi connectivity index (χ1) is 7.91. The molecule has 90 valence electrons. The first-order valence-corrected chi connectivity index (χ1v) is 6.65. The van der Waals surface area contributed by atoms with Crippen LogP contribution in [0, 0.1) is 6.92 Å². The van der Waals surface area contributed by atoms with Gasteiger partial charge in [0.1, 0.15) is 5.15 Å². The molecule has 1 aromatic heterocycles. The van der Waals surface area contributed by atoms with E-state index in [-0.39, 0.29) is 10.4 Å². The van der Waals surface area contributed by atoms with Gasteiger partial charge in [0.15, 0.2) is 0 Å². The van der Waals surface area contributed by atoms with Crippen LogP contribution < -0.4 is 5.56 Å². The van der Waals surface area contributed by atoms with Crippen molar-refractivity contribution in [2.75, 3.05) is 0 Å². The van der Waals surface area contributed by atoms with Crippen molar-refractivity contribution in [2.45, 2.75) is 18.7 Å². The van der Waals surface area contributed by atoms with Gasteiger partial charge in [-0.1, -0.05) is 33.6 Å². The molecule has 0 saturated carbocycles. The Hall–Kier alpha value is -0.800. The molecule has 0 fully saturated rings. The van der Waals surface area contributed by atoms with E-state index in [2.05, 4.69) is 22.0 Å². The molecule has 17 heavy (non-hydrogen) atoms. The van der Waals surface area contributed by atoms with Crippen LogP contribution in [0.4, 0.5) is 0 Å². The summed E-state index contributed by atoms with van der Waals surface area (Å²) in [6.07, 6.45) is 0. The van der Waals surface area contributed by atoms with Gasteiger partial charge >= 0.3 is 0 Å². The molecule has 1 aromatic carbocycles. The number of rotatable bonds is 1. The minimum Gasteiger partial charge on any atom is -0.302 e. The predicted octanol–water partition coefficient (Wildman–Crippen LogP) is 3.96. The van der Waals surface area contributed by atoms with E-state index in [1.54, 1.807) is 7.05 Å². The van der Waals surface area contributed by atoms with Crippen LogP contribution in [0.2, 0.25) is 5.15 Å². The van der Waals surface area contributed by atoms with Crippen molar-refractivity contribution < 1.29 is 0 Å². The van der Waals surface area contributed by atoms with Gasteiger partial charge in [0.25, 0.3) is 5.56 Å². The monoisotopic (exact) mass is 313 g/mol. The molecule has 0 aliphatic heterocycles. The third kappa shape index (κ3) is 2.14. The molecule has 0 saturated heterocycles. The number of hydrogen-bond acceptors (Lipinski definition) is 1. The van der Waals surface area contributed by atoms with Crippen LogP contribution in [-0.4, -0.2) is 4.57 Å². The van der Waals surface area contributed by atoms with Crippen LogP contribution in [0.5, 0.6) is 0 Å². The lowest BCUT2D eigenvalue weighted by Crippen LogP contribution is -2.17. The van der Waals surface area contributed by atoms with Crippen LogP contribution >= 0.6 is 27.5 Å². The molecule has 0 spiro atoms. The normalized spacial score (nSPS) is 13.0. The highest BCUT2D eigenvalue weighted by atomic mass is 79.9. The highest BCUT2D eigenvalue weighted by Crippen LogP contribution is 2.30. The summed E-state index contributed by atoms with van der Waals surface area (Å²) in [6.45, 7) is 4.03. The summed E-state index contributed by atoms with van der Waals surface area (Å²) >= 11 is 9.61. The first-order valence-electron chi connectivity index (χ1n) is 5.35. The zero-order valence-corrected chi connectivity index (χ0v) is 12.3. The zero-order valence-electron chi connectivity index (χ0n) is 9.92. The van der Waals surface area contributed by atoms with E-state index in [0.717, 1.165) is 21.9 Å². The maximum atomic E-state index is 12.1. The number of halogens is 2. The topological polar surface area (TPSA) is 22.0 Å². The Kier molecular flexibility index (Phi) is 3.32. The molecule has 0 bridgehead atoms. The van der Waals surface area contributed by atoms with E-state index in [1.807, 2.05) is 26.0 Å². The number of nitrogens with zero attached hydrogens (tertiary/aromatic N) is 1. The highest BCUT2D eigenvalue weighted by molar-refractivity contribution is 9.09. The van der Waals surface area contributed by atoms with Gasteiger partial charge in [-0.3, -0.25) is 4.79 Å². The van der Waals surface area contributed by atoms with Gasteiger partial charge in [-0.15, -0.1) is 0 Å². The molecule has 0 N–H and O–H groups in total. The van der Waals surface area contributed by atoms with Crippen LogP contribution in [0.15, 0.2) is 23.0 Å². The van der Waals surface area contributed by atoms with Gasteiger partial charge in [-0.25, -0.2) is 0 Å². The Labute approximate surface area is 113 Å². The molecule has 0 aliphatic carbocycles. The number of hydrogen-bond donors (Lipinski definition) is 0. The highest BCUT2D eigenvalue weighted by Gasteiger charge is 2.12. The second-order valence-corrected chi connectivity index (χ2v) is 6.02. The fourth-order valence-corrected chi connectivity index (χ4v) is 2.55. The molecule has 1 heterocycles. The van der Waals surface area contributed by atoms with Crippen LogP contribution in [0.1, 0.15) is 22.9 Å². The number of fused-ring (bicyclic) bond motifs is 1. The van der Waals surface area contributed by atoms with Crippen molar-refractivity contribution >= 4 is 38.3 Å². The average Bonchev–Trinajstić information content (AvgIpc) is 2.26. The Morgan fingerprint density at radius 1 is 1.29 bits per heavy atom. The lowest BCUT2D eigenvalue weighted by Gasteiger charge is -2.12. The molecule has 2 rings (SSSR count). The zero-order chi connectivity index (χ0) is 12.7. The fraction of sp³-hybridized carbons (Fsp3) is 0.308. The first kappa shape index (κ1) is 12.7. The van der Waals surface area contributed by atoms with Crippen molar-refractivity contribution in [1.29, 1.82) is 0 Å². The maximum absolute atomic E-state index is 12.1. The lowest BCUT2D eigenvalue weighted by molar-refractivity contribution is 0.873. The molecule has 4 heteroatoms. The molecular weight excluding hydrogens is 302 g/mol. The molecule has 1 unspecified atom stereocenters. The summed E-state index contributed by atoms with van der Waals surface area (Å²) in [7, 11) is 1.68. The van der Waals surface area contributed by atoms with Crippen LogP contribution in [0.3, 0.4) is 0 Å². The van der Waals surface area contributed by atoms with Gasteiger partial charge in [0, 0.05) is 17.3 Å². The Morgan fingerprint density at radius 2 is 1.94 bits per heavy atom. The fourth-order valence-electron chi connectivity index (χ4n) is 1.99. The summed E-state index contributed by atoms with van der Waals surface area (Å²) in [6, 6.07) is 5.84. The summed E-state index contributed by atoms with van der Waals surface area (Å²) in [5, 5.41) is 2.10. The molecule has 0 aliphatic rings. The van der Waals surface area contributed by atoms with Gasteiger partial charge in [0.05, 0.1) is 0 Å². The number of aryl methyl sites for hydroxylation is 1. The molecule has 0 radical (unpaired) electrons. The van der Waals surface area contributed by atoms with E-state index in [0.29, 0.717) is 5.15 Å². The molecular formula is C13H13BrClNO. The summed E-state index contributed by atoms with van der Waals surface area (Å²) in [4.78, 5) is 12.3. The second kappa shape index (κ2) is 4.46. The van der Waals surface area contributed by atoms with Gasteiger partial charge < -0.3 is 4.57 Å². The largest absolute Gasteiger partial charge is 0.302 e. The van der Waals surface area contributed by atoms with Crippen molar-refractivity contribution in [3.63, 3.8) is 0 Å². The van der Waals surface area contributed by atoms with E-state index in [4.69, 9.17) is 11.6 Å². The Morgan fingerprint density at radius 3 is 2.53 bits per heavy atom. The van der Waals surface area contributed by atoms with E-state index < -0.39 is 0 Å². The molecule has 2 aromatic rings. The second-order valence-electron chi connectivity index (χ2n) is 4.26. The van der Waals surface area contributed by atoms with Crippen molar-refractivity contribution in [1.82, 2.24) is 4.57 Å². The smallest absolute Gasteiger partial charge is 0.259 e. The predicted molar refractivity (Wildman–Crippen MR) is 76.3 cm³/mol. The van der Waals surface area contributed by atoms with Crippen molar-refractivity contribution in [3.8, 4) is 0 Å². The van der Waals surface area contributed by atoms with Crippen LogP contribution in [0.25, 0.3) is 10.8 Å². The minimum absolute atomic E-state index is 0.0504. The Bertz CT molecular complexity index is 646. The number of benzene rings is 1. The number of alkyl halides is 1. The summed E-state index contributed by atoms with van der Waals surface area (Å²) < 4.78 is 1.46. The third-order valence-corrected chi connectivity index (χ3v) is 3.76. The quantitative estimate of drug-likeness (QED) is 0.577. The van der Waals surface area contributed by atoms with Gasteiger partial charge in [-0.2, -0.15) is 0 Å². The number of aromatic nitrogens is 1. The number of pyridine rings is 1. The Balaban J connectivity index is 3.00. The van der Waals surface area contributed by atoms with Gasteiger partial charge in [-0.05, 0) is 42.5 Å². The van der Waals surface area contributed by atoms with Crippen molar-refractivity contribution in [2.24, 2.45) is 7.05 Å². The molecule has 1 atom stereocenters. The van der Waals surface area contributed by atoms with Crippen molar-refractivity contribution in [3.05, 3.63) is 44.8 Å². The third-order valence-electron chi connectivity index (χ3n) is 2.90. The lowest BCUT2D eigenvalue weighted by atomic mass is 10.0. The van der Waals surface area contributed by atoms with E-state index in [9.17, 15) is 4.79 Å². The summed E-state index contributed by atoms with van der Waals surface area (Å²) in [5.41, 5.74) is 2.13. The SMILES string of the molecule is Cc1cc(C(C)Br)c2cc(Cl)n(C)c(=O)c2c1. The minimum atomic E-state index is -0.0504. The standard InChI is InChI=1S/C13H13BrClNO/c1-7-4-9(8(2)14)10-6-12(15)16(3)13(17)11(10)5-7/h4-6,8H,1-3H3. The molecule has 2 nitrogen and oxygen atoms in total.